The molecule has 0 spiro atoms. The largest absolute Gasteiger partial charge is 0.307 e. The molecule has 10 aromatic carbocycles. The third-order valence-corrected chi connectivity index (χ3v) is 15.5. The van der Waals surface area contributed by atoms with Gasteiger partial charge in [-0.3, -0.25) is 0 Å². The number of nitrogens with zero attached hydrogens (tertiary/aromatic N) is 1. The molecule has 0 saturated heterocycles. The third-order valence-electron chi connectivity index (χ3n) is 15.5. The molecule has 0 bridgehead atoms. The van der Waals surface area contributed by atoms with Crippen molar-refractivity contribution in [3.05, 3.63) is 257 Å². The van der Waals surface area contributed by atoms with Crippen LogP contribution < -0.4 is 0 Å². The van der Waals surface area contributed by atoms with Crippen molar-refractivity contribution in [1.29, 1.82) is 0 Å². The molecule has 338 valence electrons. The lowest BCUT2D eigenvalue weighted by atomic mass is 9.81. The van der Waals surface area contributed by atoms with Gasteiger partial charge >= 0.3 is 0 Å². The molecule has 2 aliphatic rings. The molecule has 2 aliphatic carbocycles. The monoisotopic (exact) mass is 899 g/mol. The molecule has 0 N–H and O–H groups in total. The highest BCUT2D eigenvalue weighted by Gasteiger charge is 2.37. The molecule has 2 aromatic heterocycles. The van der Waals surface area contributed by atoms with E-state index in [2.05, 4.69) is 265 Å². The molecule has 12 aromatic rings. The molecule has 0 radical (unpaired) electrons. The first kappa shape index (κ1) is 43.3. The van der Waals surface area contributed by atoms with Crippen LogP contribution in [0.25, 0.3) is 93.7 Å². The molecule has 1 nitrogen and oxygen atoms in total. The van der Waals surface area contributed by atoms with Crippen LogP contribution in [0.3, 0.4) is 0 Å². The van der Waals surface area contributed by atoms with Crippen LogP contribution in [0.1, 0.15) is 66.6 Å². The molecule has 2 heterocycles. The van der Waals surface area contributed by atoms with Gasteiger partial charge < -0.3 is 4.40 Å². The van der Waals surface area contributed by atoms with E-state index in [-0.39, 0.29) is 10.8 Å². The molecule has 14 rings (SSSR count). The minimum Gasteiger partial charge on any atom is -0.307 e. The molecule has 0 fully saturated rings. The second-order valence-electron chi connectivity index (χ2n) is 20.7. The maximum Gasteiger partial charge on any atom is 0.0620 e. The van der Waals surface area contributed by atoms with E-state index < -0.39 is 0 Å². The van der Waals surface area contributed by atoms with Crippen LogP contribution in [0.5, 0.6) is 0 Å². The first-order valence-electron chi connectivity index (χ1n) is 24.8. The number of para-hydroxylation sites is 3. The average molecular weight is 900 g/mol. The number of hydrogen-bond acceptors (Lipinski definition) is 0. The summed E-state index contributed by atoms with van der Waals surface area (Å²) >= 11 is 0. The van der Waals surface area contributed by atoms with Crippen molar-refractivity contribution >= 4 is 38.1 Å². The summed E-state index contributed by atoms with van der Waals surface area (Å²) in [6.45, 7) is 15.8. The van der Waals surface area contributed by atoms with Crippen LogP contribution in [0, 0.1) is 20.8 Å². The van der Waals surface area contributed by atoms with Gasteiger partial charge in [0.15, 0.2) is 0 Å². The number of rotatable bonds is 3. The van der Waals surface area contributed by atoms with Crippen molar-refractivity contribution < 1.29 is 0 Å². The van der Waals surface area contributed by atoms with E-state index >= 15 is 0 Å². The summed E-state index contributed by atoms with van der Waals surface area (Å²) in [5, 5.41) is 5.32. The highest BCUT2D eigenvalue weighted by molar-refractivity contribution is 6.25. The van der Waals surface area contributed by atoms with E-state index in [1.165, 1.54) is 133 Å². The van der Waals surface area contributed by atoms with E-state index in [4.69, 9.17) is 0 Å². The topological polar surface area (TPSA) is 4.41 Å². The molecule has 1 heteroatoms. The predicted molar refractivity (Wildman–Crippen MR) is 300 cm³/mol. The maximum atomic E-state index is 2.50. The van der Waals surface area contributed by atoms with Crippen molar-refractivity contribution in [1.82, 2.24) is 4.40 Å². The van der Waals surface area contributed by atoms with Gasteiger partial charge in [0.05, 0.1) is 16.6 Å². The Morgan fingerprint density at radius 1 is 0.271 bits per heavy atom. The fourth-order valence-corrected chi connectivity index (χ4v) is 11.7. The summed E-state index contributed by atoms with van der Waals surface area (Å²) in [4.78, 5) is 0. The molecule has 0 aliphatic heterocycles. The van der Waals surface area contributed by atoms with Gasteiger partial charge in [-0.25, -0.2) is 0 Å². The van der Waals surface area contributed by atoms with Gasteiger partial charge in [0.25, 0.3) is 0 Å². The Morgan fingerprint density at radius 3 is 1.46 bits per heavy atom. The zero-order valence-corrected chi connectivity index (χ0v) is 41.2. The molecule has 0 atom stereocenters. The van der Waals surface area contributed by atoms with Crippen molar-refractivity contribution in [3.8, 4) is 55.6 Å². The van der Waals surface area contributed by atoms with E-state index in [0.717, 1.165) is 0 Å². The van der Waals surface area contributed by atoms with Gasteiger partial charge in [0.2, 0.25) is 0 Å². The first-order chi connectivity index (χ1) is 34.0. The lowest BCUT2D eigenvalue weighted by Crippen LogP contribution is -2.15. The van der Waals surface area contributed by atoms with Crippen molar-refractivity contribution in [2.24, 2.45) is 0 Å². The third kappa shape index (κ3) is 6.98. The summed E-state index contributed by atoms with van der Waals surface area (Å²) < 4.78 is 2.50. The summed E-state index contributed by atoms with van der Waals surface area (Å²) in [6.07, 6.45) is 0. The summed E-state index contributed by atoms with van der Waals surface area (Å²) in [7, 11) is 0. The van der Waals surface area contributed by atoms with Crippen LogP contribution in [0.2, 0.25) is 0 Å². The number of fused-ring (bicyclic) bond motifs is 12. The Hall–Kier alpha value is -8.00. The van der Waals surface area contributed by atoms with Gasteiger partial charge in [-0.2, -0.15) is 0 Å². The lowest BCUT2D eigenvalue weighted by Gasteiger charge is -2.22. The quantitative estimate of drug-likeness (QED) is 0.166. The van der Waals surface area contributed by atoms with Gasteiger partial charge in [0.1, 0.15) is 0 Å². The minimum atomic E-state index is -0.0129. The van der Waals surface area contributed by atoms with Crippen LogP contribution in [0.15, 0.2) is 218 Å². The standard InChI is InChI=1S/C34H25N.C22H20.C13H12/c1-20-14-16-23-24-17-15-21(19-30(24)34(2,3)29(23)18-20)22-9-6-11-27-28-12-7-10-26-25-8-4-5-13-31(25)35(32(22)27)33(26)28;1-15-8-10-16(11-9-15)17-12-13-21-19(14-17)18-6-4-5-7-20(18)22(21,2)3;1-11-7-9-13(10-8-11)12-5-3-2-4-6-12/h4-19H,1-3H3;4-14H,1-3H3;2-10H,1H3. The lowest BCUT2D eigenvalue weighted by molar-refractivity contribution is 0.660. The van der Waals surface area contributed by atoms with Crippen LogP contribution in [-0.4, -0.2) is 4.40 Å². The van der Waals surface area contributed by atoms with Crippen molar-refractivity contribution in [2.75, 3.05) is 0 Å². The number of benzene rings is 10. The van der Waals surface area contributed by atoms with Gasteiger partial charge in [0, 0.05) is 37.9 Å². The van der Waals surface area contributed by atoms with Gasteiger partial charge in [-0.15, -0.1) is 0 Å². The molecule has 0 amide bonds. The fraction of sp³-hybridized carbons (Fsp3) is 0.130. The molecular formula is C69H57N. The van der Waals surface area contributed by atoms with Crippen LogP contribution >= 0.6 is 0 Å². The SMILES string of the molecule is Cc1ccc(-c2ccc3c(c2)-c2ccccc2C3(C)C)cc1.Cc1ccc(-c2ccccc2)cc1.Cc1ccc2c(c1)C(C)(C)c1cc(-c3cccc4c5cccc6c7ccccc7n(c34)c65)ccc1-2. The van der Waals surface area contributed by atoms with Gasteiger partial charge in [-0.1, -0.05) is 245 Å². The summed E-state index contributed by atoms with van der Waals surface area (Å²) in [5.74, 6) is 0. The number of aryl methyl sites for hydroxylation is 3. The molecule has 0 saturated carbocycles. The first-order valence-corrected chi connectivity index (χ1v) is 24.8. The van der Waals surface area contributed by atoms with Crippen molar-refractivity contribution in [3.63, 3.8) is 0 Å². The average Bonchev–Trinajstić information content (AvgIpc) is 4.06. The van der Waals surface area contributed by atoms with Gasteiger partial charge in [-0.05, 0) is 111 Å². The van der Waals surface area contributed by atoms with E-state index in [1.54, 1.807) is 0 Å². The normalized spacial score (nSPS) is 13.6. The maximum absolute atomic E-state index is 2.50. The van der Waals surface area contributed by atoms with Crippen LogP contribution in [0.4, 0.5) is 0 Å². The zero-order valence-electron chi connectivity index (χ0n) is 41.2. The molecular weight excluding hydrogens is 843 g/mol. The number of aromatic nitrogens is 1. The highest BCUT2D eigenvalue weighted by Crippen LogP contribution is 2.52. The second-order valence-corrected chi connectivity index (χ2v) is 20.7. The predicted octanol–water partition coefficient (Wildman–Crippen LogP) is 18.7. The smallest absolute Gasteiger partial charge is 0.0620 e. The fourth-order valence-electron chi connectivity index (χ4n) is 11.7. The minimum absolute atomic E-state index is 0.0129. The summed E-state index contributed by atoms with van der Waals surface area (Å²) in [5.41, 5.74) is 26.9. The Bertz CT molecular complexity index is 3940. The Kier molecular flexibility index (Phi) is 10.3. The van der Waals surface area contributed by atoms with E-state index in [9.17, 15) is 0 Å². The highest BCUT2D eigenvalue weighted by atomic mass is 14.9. The van der Waals surface area contributed by atoms with E-state index in [1.807, 2.05) is 6.07 Å². The summed E-state index contributed by atoms with van der Waals surface area (Å²) in [6, 6.07) is 79.9. The molecule has 0 unspecified atom stereocenters. The van der Waals surface area contributed by atoms with Crippen LogP contribution in [-0.2, 0) is 10.8 Å². The van der Waals surface area contributed by atoms with Crippen molar-refractivity contribution in [2.45, 2.75) is 59.3 Å². The Labute approximate surface area is 412 Å². The Balaban J connectivity index is 0.000000123. The zero-order chi connectivity index (χ0) is 47.9. The van der Waals surface area contributed by atoms with E-state index in [0.29, 0.717) is 0 Å². The second kappa shape index (κ2) is 16.6. The number of hydrogen-bond donors (Lipinski definition) is 0. The Morgan fingerprint density at radius 2 is 0.729 bits per heavy atom. The molecule has 70 heavy (non-hydrogen) atoms.